The van der Waals surface area contributed by atoms with Crippen LogP contribution in [-0.2, 0) is 0 Å². The number of Topliss-reactive ketones (excluding diaryl/α,β-unsaturated/α-hetero) is 1. The van der Waals surface area contributed by atoms with Crippen LogP contribution in [0.1, 0.15) is 15.9 Å². The van der Waals surface area contributed by atoms with Crippen LogP contribution in [0, 0.1) is 6.92 Å². The Bertz CT molecular complexity index is 314. The van der Waals surface area contributed by atoms with Crippen molar-refractivity contribution in [3.8, 4) is 0 Å². The van der Waals surface area contributed by atoms with E-state index < -0.39 is 0 Å². The summed E-state index contributed by atoms with van der Waals surface area (Å²) in [6.07, 6.45) is 1.53. The predicted octanol–water partition coefficient (Wildman–Crippen LogP) is 2.62. The first-order valence-corrected chi connectivity index (χ1v) is 4.87. The zero-order chi connectivity index (χ0) is 9.14. The van der Waals surface area contributed by atoms with E-state index in [1.807, 2.05) is 0 Å². The molecular weight excluding hydrogens is 241 g/mol. The van der Waals surface area contributed by atoms with Gasteiger partial charge in [0, 0.05) is 11.8 Å². The number of hydrogen-bond donors (Lipinski definition) is 0. The second-order valence-corrected chi connectivity index (χ2v) is 3.25. The van der Waals surface area contributed by atoms with Gasteiger partial charge in [-0.15, -0.1) is 0 Å². The van der Waals surface area contributed by atoms with Gasteiger partial charge >= 0.3 is 0 Å². The molecule has 0 fully saturated rings. The number of hydrogen-bond acceptors (Lipinski definition) is 2. The first-order valence-electron chi connectivity index (χ1n) is 3.37. The lowest BCUT2D eigenvalue weighted by Crippen LogP contribution is -2.03. The summed E-state index contributed by atoms with van der Waals surface area (Å²) in [7, 11) is 0. The monoisotopic (exact) mass is 247 g/mol. The number of pyridine rings is 1. The minimum Gasteiger partial charge on any atom is -0.293 e. The van der Waals surface area contributed by atoms with Crippen molar-refractivity contribution in [1.82, 2.24) is 4.98 Å². The zero-order valence-electron chi connectivity index (χ0n) is 6.47. The molecule has 0 aliphatic heterocycles. The van der Waals surface area contributed by atoms with Crippen molar-refractivity contribution in [3.63, 3.8) is 0 Å². The Morgan fingerprint density at radius 3 is 3.00 bits per heavy atom. The molecule has 12 heavy (non-hydrogen) atoms. The van der Waals surface area contributed by atoms with E-state index in [4.69, 9.17) is 11.6 Å². The Hall–Kier alpha value is -0.410. The Labute approximate surface area is 84.1 Å². The quantitative estimate of drug-likeness (QED) is 0.457. The molecule has 0 radical (unpaired) electrons. The highest BCUT2D eigenvalue weighted by Crippen LogP contribution is 2.16. The van der Waals surface area contributed by atoms with Gasteiger partial charge in [-0.3, -0.25) is 4.79 Å². The third-order valence-electron chi connectivity index (χ3n) is 1.56. The minimum atomic E-state index is 0.0248. The molecule has 0 saturated carbocycles. The molecule has 2 nitrogen and oxygen atoms in total. The molecule has 0 spiro atoms. The summed E-state index contributed by atoms with van der Waals surface area (Å²) in [5.41, 5.74) is 1.37. The highest BCUT2D eigenvalue weighted by molar-refractivity contribution is 9.09. The van der Waals surface area contributed by atoms with Crippen molar-refractivity contribution in [3.05, 3.63) is 28.5 Å². The van der Waals surface area contributed by atoms with Crippen molar-refractivity contribution in [2.24, 2.45) is 0 Å². The number of halogens is 2. The third kappa shape index (κ3) is 1.84. The van der Waals surface area contributed by atoms with Crippen molar-refractivity contribution < 1.29 is 4.79 Å². The number of alkyl halides is 1. The van der Waals surface area contributed by atoms with Gasteiger partial charge in [-0.25, -0.2) is 4.98 Å². The molecular formula is C8H7BrClNO. The molecule has 0 aliphatic rings. The summed E-state index contributed by atoms with van der Waals surface area (Å²) in [5, 5.41) is 0.704. The SMILES string of the molecule is Cc1c(C(=O)CBr)ccnc1Cl. The van der Waals surface area contributed by atoms with E-state index >= 15 is 0 Å². The van der Waals surface area contributed by atoms with Crippen molar-refractivity contribution >= 4 is 33.3 Å². The Morgan fingerprint density at radius 2 is 2.42 bits per heavy atom. The number of nitrogens with zero attached hydrogens (tertiary/aromatic N) is 1. The van der Waals surface area contributed by atoms with Gasteiger partial charge in [0.05, 0.1) is 5.33 Å². The lowest BCUT2D eigenvalue weighted by atomic mass is 10.1. The number of aromatic nitrogens is 1. The maximum Gasteiger partial charge on any atom is 0.173 e. The molecule has 0 N–H and O–H groups in total. The van der Waals surface area contributed by atoms with Crippen LogP contribution >= 0.6 is 27.5 Å². The van der Waals surface area contributed by atoms with Crippen LogP contribution in [0.15, 0.2) is 12.3 Å². The maximum atomic E-state index is 11.3. The topological polar surface area (TPSA) is 30.0 Å². The van der Waals surface area contributed by atoms with Gasteiger partial charge in [-0.2, -0.15) is 0 Å². The van der Waals surface area contributed by atoms with Gasteiger partial charge in [0.25, 0.3) is 0 Å². The summed E-state index contributed by atoms with van der Waals surface area (Å²) in [4.78, 5) is 15.1. The highest BCUT2D eigenvalue weighted by atomic mass is 79.9. The lowest BCUT2D eigenvalue weighted by Gasteiger charge is -2.02. The average Bonchev–Trinajstić information content (AvgIpc) is 2.08. The largest absolute Gasteiger partial charge is 0.293 e. The molecule has 0 aliphatic carbocycles. The van der Waals surface area contributed by atoms with Gasteiger partial charge in [0.2, 0.25) is 0 Å². The molecule has 0 saturated heterocycles. The van der Waals surface area contributed by atoms with Gasteiger partial charge in [-0.1, -0.05) is 27.5 Å². The maximum absolute atomic E-state index is 11.3. The number of carbonyl (C=O) groups is 1. The summed E-state index contributed by atoms with van der Waals surface area (Å²) in [6.45, 7) is 1.78. The Balaban J connectivity index is 3.16. The van der Waals surface area contributed by atoms with E-state index in [1.54, 1.807) is 13.0 Å². The Morgan fingerprint density at radius 1 is 1.75 bits per heavy atom. The smallest absolute Gasteiger partial charge is 0.173 e. The van der Waals surface area contributed by atoms with Crippen LogP contribution in [-0.4, -0.2) is 16.1 Å². The molecule has 1 rings (SSSR count). The van der Waals surface area contributed by atoms with Crippen molar-refractivity contribution in [1.29, 1.82) is 0 Å². The highest BCUT2D eigenvalue weighted by Gasteiger charge is 2.09. The molecule has 0 unspecified atom stereocenters. The first kappa shape index (κ1) is 9.68. The zero-order valence-corrected chi connectivity index (χ0v) is 8.82. The van der Waals surface area contributed by atoms with Gasteiger partial charge in [0.1, 0.15) is 5.15 Å². The molecule has 0 atom stereocenters. The van der Waals surface area contributed by atoms with Crippen LogP contribution in [0.2, 0.25) is 5.15 Å². The summed E-state index contributed by atoms with van der Waals surface area (Å²) in [5.74, 6) is 0.0248. The van der Waals surface area contributed by atoms with Gasteiger partial charge < -0.3 is 0 Å². The van der Waals surface area contributed by atoms with Gasteiger partial charge in [0.15, 0.2) is 5.78 Å². The summed E-state index contributed by atoms with van der Waals surface area (Å²) in [6, 6.07) is 1.67. The molecule has 64 valence electrons. The second kappa shape index (κ2) is 4.01. The van der Waals surface area contributed by atoms with Crippen LogP contribution < -0.4 is 0 Å². The fraction of sp³-hybridized carbons (Fsp3) is 0.250. The molecule has 0 amide bonds. The fourth-order valence-corrected chi connectivity index (χ4v) is 1.34. The van der Waals surface area contributed by atoms with E-state index in [-0.39, 0.29) is 5.78 Å². The third-order valence-corrected chi connectivity index (χ3v) is 2.45. The fourth-order valence-electron chi connectivity index (χ4n) is 0.884. The average molecular weight is 249 g/mol. The van der Waals surface area contributed by atoms with Crippen LogP contribution in [0.5, 0.6) is 0 Å². The predicted molar refractivity (Wildman–Crippen MR) is 52.1 cm³/mol. The van der Waals surface area contributed by atoms with Crippen molar-refractivity contribution in [2.75, 3.05) is 5.33 Å². The van der Waals surface area contributed by atoms with E-state index in [0.717, 1.165) is 5.56 Å². The summed E-state index contributed by atoms with van der Waals surface area (Å²) < 4.78 is 0. The standard InChI is InChI=1S/C8H7BrClNO/c1-5-6(7(12)4-9)2-3-11-8(5)10/h2-3H,4H2,1H3. The molecule has 0 bridgehead atoms. The van der Waals surface area contributed by atoms with Crippen LogP contribution in [0.25, 0.3) is 0 Å². The van der Waals surface area contributed by atoms with Crippen LogP contribution in [0.4, 0.5) is 0 Å². The van der Waals surface area contributed by atoms with Crippen molar-refractivity contribution in [2.45, 2.75) is 6.92 Å². The molecule has 1 aromatic heterocycles. The van der Waals surface area contributed by atoms with E-state index in [0.29, 0.717) is 16.0 Å². The van der Waals surface area contributed by atoms with Gasteiger partial charge in [-0.05, 0) is 18.6 Å². The van der Waals surface area contributed by atoms with E-state index in [2.05, 4.69) is 20.9 Å². The Kier molecular flexibility index (Phi) is 3.23. The van der Waals surface area contributed by atoms with Crippen LogP contribution in [0.3, 0.4) is 0 Å². The number of rotatable bonds is 2. The second-order valence-electron chi connectivity index (χ2n) is 2.33. The van der Waals surface area contributed by atoms with E-state index in [9.17, 15) is 4.79 Å². The first-order chi connectivity index (χ1) is 5.66. The normalized spacial score (nSPS) is 9.92. The minimum absolute atomic E-state index is 0.0248. The molecule has 1 heterocycles. The molecule has 0 aromatic carbocycles. The van der Waals surface area contributed by atoms with E-state index in [1.165, 1.54) is 6.20 Å². The lowest BCUT2D eigenvalue weighted by molar-refractivity contribution is 0.102. The molecule has 1 aromatic rings. The summed E-state index contributed by atoms with van der Waals surface area (Å²) >= 11 is 8.83. The number of carbonyl (C=O) groups excluding carboxylic acids is 1. The molecule has 4 heteroatoms. The number of ketones is 1.